The maximum Gasteiger partial charge on any atom is 0.229 e. The van der Waals surface area contributed by atoms with Crippen molar-refractivity contribution >= 4 is 17.7 Å². The van der Waals surface area contributed by atoms with E-state index in [1.807, 2.05) is 4.90 Å². The Morgan fingerprint density at radius 2 is 1.72 bits per heavy atom. The van der Waals surface area contributed by atoms with Gasteiger partial charge in [-0.15, -0.1) is 0 Å². The Labute approximate surface area is 106 Å². The Morgan fingerprint density at radius 1 is 1.11 bits per heavy atom. The van der Waals surface area contributed by atoms with Crippen LogP contribution in [0, 0.1) is 11.8 Å². The van der Waals surface area contributed by atoms with E-state index < -0.39 is 0 Å². The van der Waals surface area contributed by atoms with E-state index in [0.29, 0.717) is 38.4 Å². The standard InChI is InChI=1S/C13H18N2O3/c16-11-4-5-12(17)15(11)8-9-6-14(7-9)13(18)10-2-1-3-10/h9-10H,1-8H2. The van der Waals surface area contributed by atoms with Gasteiger partial charge in [0, 0.05) is 44.3 Å². The minimum atomic E-state index is -0.0521. The fraction of sp³-hybridized carbons (Fsp3) is 0.769. The van der Waals surface area contributed by atoms with Crippen LogP contribution in [0.2, 0.25) is 0 Å². The van der Waals surface area contributed by atoms with Crippen LogP contribution in [-0.4, -0.2) is 47.2 Å². The zero-order valence-electron chi connectivity index (χ0n) is 10.4. The molecule has 2 aliphatic heterocycles. The first kappa shape index (κ1) is 11.7. The summed E-state index contributed by atoms with van der Waals surface area (Å²) in [5, 5.41) is 0. The molecule has 3 amide bonds. The Bertz CT molecular complexity index is 381. The first-order chi connectivity index (χ1) is 8.65. The second kappa shape index (κ2) is 4.37. The molecule has 0 aromatic carbocycles. The highest BCUT2D eigenvalue weighted by molar-refractivity contribution is 6.01. The molecule has 5 heteroatoms. The SMILES string of the molecule is O=C(C1CCC1)N1CC(CN2C(=O)CCC2=O)C1. The van der Waals surface area contributed by atoms with Crippen LogP contribution in [0.4, 0.5) is 0 Å². The first-order valence-corrected chi connectivity index (χ1v) is 6.77. The molecule has 2 saturated heterocycles. The molecule has 0 aromatic heterocycles. The van der Waals surface area contributed by atoms with Crippen molar-refractivity contribution in [2.24, 2.45) is 11.8 Å². The van der Waals surface area contributed by atoms with E-state index in [1.54, 1.807) is 0 Å². The molecule has 2 heterocycles. The van der Waals surface area contributed by atoms with Crippen molar-refractivity contribution in [1.29, 1.82) is 0 Å². The smallest absolute Gasteiger partial charge is 0.229 e. The van der Waals surface area contributed by atoms with E-state index >= 15 is 0 Å². The second-order valence-electron chi connectivity index (χ2n) is 5.64. The topological polar surface area (TPSA) is 57.7 Å². The van der Waals surface area contributed by atoms with Crippen LogP contribution in [0.15, 0.2) is 0 Å². The lowest BCUT2D eigenvalue weighted by molar-refractivity contribution is -0.147. The third-order valence-electron chi connectivity index (χ3n) is 4.32. The molecule has 0 aromatic rings. The summed E-state index contributed by atoms with van der Waals surface area (Å²) in [7, 11) is 0. The molecule has 0 spiro atoms. The highest BCUT2D eigenvalue weighted by Crippen LogP contribution is 2.31. The summed E-state index contributed by atoms with van der Waals surface area (Å²) in [6.07, 6.45) is 3.95. The number of likely N-dealkylation sites (tertiary alicyclic amines) is 2. The Hall–Kier alpha value is -1.39. The van der Waals surface area contributed by atoms with Crippen LogP contribution >= 0.6 is 0 Å². The number of carbonyl (C=O) groups is 3. The molecule has 3 aliphatic rings. The highest BCUT2D eigenvalue weighted by Gasteiger charge is 2.39. The van der Waals surface area contributed by atoms with Gasteiger partial charge >= 0.3 is 0 Å². The van der Waals surface area contributed by atoms with Gasteiger partial charge in [0.25, 0.3) is 0 Å². The number of amides is 3. The van der Waals surface area contributed by atoms with E-state index in [0.717, 1.165) is 12.8 Å². The van der Waals surface area contributed by atoms with Crippen molar-refractivity contribution in [3.05, 3.63) is 0 Å². The van der Waals surface area contributed by atoms with Crippen molar-refractivity contribution < 1.29 is 14.4 Å². The molecule has 3 rings (SSSR count). The van der Waals surface area contributed by atoms with Crippen LogP contribution in [0.5, 0.6) is 0 Å². The summed E-state index contributed by atoms with van der Waals surface area (Å²) < 4.78 is 0. The molecule has 98 valence electrons. The average molecular weight is 250 g/mol. The van der Waals surface area contributed by atoms with Gasteiger partial charge in [-0.3, -0.25) is 19.3 Å². The van der Waals surface area contributed by atoms with Crippen LogP contribution in [0.25, 0.3) is 0 Å². The summed E-state index contributed by atoms with van der Waals surface area (Å²) in [6, 6.07) is 0. The van der Waals surface area contributed by atoms with Crippen LogP contribution in [-0.2, 0) is 14.4 Å². The molecule has 0 atom stereocenters. The predicted octanol–water partition coefficient (Wildman–Crippen LogP) is 0.394. The van der Waals surface area contributed by atoms with E-state index in [-0.39, 0.29) is 23.6 Å². The van der Waals surface area contributed by atoms with E-state index in [1.165, 1.54) is 11.3 Å². The molecular weight excluding hydrogens is 232 g/mol. The van der Waals surface area contributed by atoms with Gasteiger partial charge in [0.2, 0.25) is 17.7 Å². The summed E-state index contributed by atoms with van der Waals surface area (Å²) in [4.78, 5) is 38.1. The fourth-order valence-electron chi connectivity index (χ4n) is 2.86. The van der Waals surface area contributed by atoms with Gasteiger partial charge in [-0.25, -0.2) is 0 Å². The number of hydrogen-bond acceptors (Lipinski definition) is 3. The molecule has 0 unspecified atom stereocenters. The number of imide groups is 1. The average Bonchev–Trinajstić information content (AvgIpc) is 2.50. The molecule has 0 radical (unpaired) electrons. The van der Waals surface area contributed by atoms with E-state index in [9.17, 15) is 14.4 Å². The minimum Gasteiger partial charge on any atom is -0.342 e. The monoisotopic (exact) mass is 250 g/mol. The maximum atomic E-state index is 11.9. The van der Waals surface area contributed by atoms with Gasteiger partial charge in [-0.1, -0.05) is 6.42 Å². The van der Waals surface area contributed by atoms with Crippen molar-refractivity contribution in [2.45, 2.75) is 32.1 Å². The minimum absolute atomic E-state index is 0.0521. The summed E-state index contributed by atoms with van der Waals surface area (Å²) in [5.41, 5.74) is 0. The molecule has 5 nitrogen and oxygen atoms in total. The summed E-state index contributed by atoms with van der Waals surface area (Å²) >= 11 is 0. The number of hydrogen-bond donors (Lipinski definition) is 0. The largest absolute Gasteiger partial charge is 0.342 e. The van der Waals surface area contributed by atoms with Crippen LogP contribution in [0.1, 0.15) is 32.1 Å². The third kappa shape index (κ3) is 1.91. The highest BCUT2D eigenvalue weighted by atomic mass is 16.2. The second-order valence-corrected chi connectivity index (χ2v) is 5.64. The van der Waals surface area contributed by atoms with Gasteiger partial charge in [-0.2, -0.15) is 0 Å². The Balaban J connectivity index is 1.46. The quantitative estimate of drug-likeness (QED) is 0.681. The van der Waals surface area contributed by atoms with Crippen molar-refractivity contribution in [2.75, 3.05) is 19.6 Å². The predicted molar refractivity (Wildman–Crippen MR) is 63.4 cm³/mol. The van der Waals surface area contributed by atoms with Crippen LogP contribution < -0.4 is 0 Å². The lowest BCUT2D eigenvalue weighted by Gasteiger charge is -2.43. The van der Waals surface area contributed by atoms with Gasteiger partial charge < -0.3 is 4.90 Å². The number of nitrogens with zero attached hydrogens (tertiary/aromatic N) is 2. The fourth-order valence-corrected chi connectivity index (χ4v) is 2.86. The molecule has 18 heavy (non-hydrogen) atoms. The van der Waals surface area contributed by atoms with Gasteiger partial charge in [-0.05, 0) is 12.8 Å². The zero-order valence-corrected chi connectivity index (χ0v) is 10.4. The molecule has 1 saturated carbocycles. The van der Waals surface area contributed by atoms with Gasteiger partial charge in [0.05, 0.1) is 0 Å². The Kier molecular flexibility index (Phi) is 2.84. The molecule has 0 N–H and O–H groups in total. The third-order valence-corrected chi connectivity index (χ3v) is 4.32. The van der Waals surface area contributed by atoms with Crippen LogP contribution in [0.3, 0.4) is 0 Å². The van der Waals surface area contributed by atoms with Crippen molar-refractivity contribution in [1.82, 2.24) is 9.80 Å². The van der Waals surface area contributed by atoms with E-state index in [4.69, 9.17) is 0 Å². The summed E-state index contributed by atoms with van der Waals surface area (Å²) in [5.74, 6) is 0.713. The molecule has 0 bridgehead atoms. The number of rotatable bonds is 3. The van der Waals surface area contributed by atoms with Gasteiger partial charge in [0.1, 0.15) is 0 Å². The molecular formula is C13H18N2O3. The van der Waals surface area contributed by atoms with E-state index in [2.05, 4.69) is 0 Å². The first-order valence-electron chi connectivity index (χ1n) is 6.77. The zero-order chi connectivity index (χ0) is 12.7. The Morgan fingerprint density at radius 3 is 2.22 bits per heavy atom. The summed E-state index contributed by atoms with van der Waals surface area (Å²) in [6.45, 7) is 1.94. The van der Waals surface area contributed by atoms with Crippen molar-refractivity contribution in [3.63, 3.8) is 0 Å². The number of carbonyl (C=O) groups excluding carboxylic acids is 3. The normalized spacial score (nSPS) is 25.3. The maximum absolute atomic E-state index is 11.9. The molecule has 1 aliphatic carbocycles. The van der Waals surface area contributed by atoms with Crippen molar-refractivity contribution in [3.8, 4) is 0 Å². The lowest BCUT2D eigenvalue weighted by Crippen LogP contribution is -2.56. The molecule has 3 fully saturated rings. The van der Waals surface area contributed by atoms with Gasteiger partial charge in [0.15, 0.2) is 0 Å². The lowest BCUT2D eigenvalue weighted by atomic mass is 9.83.